The Labute approximate surface area is 119 Å². The first-order valence-corrected chi connectivity index (χ1v) is 6.88. The van der Waals surface area contributed by atoms with E-state index in [1.165, 1.54) is 17.7 Å². The van der Waals surface area contributed by atoms with Crippen molar-refractivity contribution in [3.05, 3.63) is 40.4 Å². The van der Waals surface area contributed by atoms with E-state index in [2.05, 4.69) is 0 Å². The highest BCUT2D eigenvalue weighted by molar-refractivity contribution is 7.17. The van der Waals surface area contributed by atoms with Crippen LogP contribution in [0.25, 0.3) is 10.6 Å². The van der Waals surface area contributed by atoms with Gasteiger partial charge in [-0.15, -0.1) is 15.7 Å². The van der Waals surface area contributed by atoms with Crippen LogP contribution >= 0.6 is 11.3 Å². The number of hydrogen-bond acceptors (Lipinski definition) is 3. The summed E-state index contributed by atoms with van der Waals surface area (Å²) in [5.74, 6) is -1.75. The number of rotatable bonds is 3. The molecule has 0 N–H and O–H groups in total. The number of aromatic nitrogens is 1. The van der Waals surface area contributed by atoms with Gasteiger partial charge in [0.2, 0.25) is 5.69 Å². The molecular formula is C14H14F2NO2S+. The minimum Gasteiger partial charge on any atom is -0.462 e. The highest BCUT2D eigenvalue weighted by Gasteiger charge is 2.23. The third-order valence-electron chi connectivity index (χ3n) is 2.84. The number of ether oxygens (including phenoxy) is 1. The third-order valence-corrected chi connectivity index (χ3v) is 4.08. The molecule has 20 heavy (non-hydrogen) atoms. The van der Waals surface area contributed by atoms with Crippen molar-refractivity contribution in [2.45, 2.75) is 13.8 Å². The van der Waals surface area contributed by atoms with E-state index in [9.17, 15) is 13.6 Å². The van der Waals surface area contributed by atoms with Crippen LogP contribution < -0.4 is 4.57 Å². The molecule has 0 fully saturated rings. The number of halogens is 2. The molecule has 0 unspecified atom stereocenters. The first-order valence-electron chi connectivity index (χ1n) is 6.07. The Morgan fingerprint density at radius 3 is 2.70 bits per heavy atom. The van der Waals surface area contributed by atoms with Crippen LogP contribution in [-0.2, 0) is 11.8 Å². The van der Waals surface area contributed by atoms with E-state index in [4.69, 9.17) is 4.74 Å². The van der Waals surface area contributed by atoms with Crippen LogP contribution in [0.2, 0.25) is 0 Å². The fourth-order valence-electron chi connectivity index (χ4n) is 1.85. The monoisotopic (exact) mass is 298 g/mol. The number of hydrogen-bond donors (Lipinski definition) is 0. The molecule has 0 spiro atoms. The van der Waals surface area contributed by atoms with Gasteiger partial charge in [-0.25, -0.2) is 9.18 Å². The van der Waals surface area contributed by atoms with E-state index in [1.807, 2.05) is 0 Å². The number of thiophene rings is 1. The van der Waals surface area contributed by atoms with Gasteiger partial charge in [0.15, 0.2) is 0 Å². The fraction of sp³-hybridized carbons (Fsp3) is 0.286. The van der Waals surface area contributed by atoms with Gasteiger partial charge in [-0.05, 0) is 25.5 Å². The summed E-state index contributed by atoms with van der Waals surface area (Å²) in [6.45, 7) is 3.80. The maximum absolute atomic E-state index is 13.6. The standard InChI is InChI=1S/C14H14F2NO2S/c1-4-19-14(18)11-5-8(2)13(20-11)10-6-9(15)7-12(16)17(10)3/h5-7H,4H2,1-3H3/q+1. The number of aryl methyl sites for hydroxylation is 1. The summed E-state index contributed by atoms with van der Waals surface area (Å²) < 4.78 is 33.1. The van der Waals surface area contributed by atoms with Gasteiger partial charge in [0.05, 0.1) is 12.7 Å². The Morgan fingerprint density at radius 1 is 1.35 bits per heavy atom. The van der Waals surface area contributed by atoms with E-state index in [-0.39, 0.29) is 6.61 Å². The van der Waals surface area contributed by atoms with Crippen molar-refractivity contribution in [2.24, 2.45) is 7.05 Å². The average Bonchev–Trinajstić information content (AvgIpc) is 2.76. The number of pyridine rings is 1. The molecule has 106 valence electrons. The maximum atomic E-state index is 13.6. The van der Waals surface area contributed by atoms with Crippen LogP contribution in [0.5, 0.6) is 0 Å². The summed E-state index contributed by atoms with van der Waals surface area (Å²) in [7, 11) is 1.51. The zero-order chi connectivity index (χ0) is 14.9. The average molecular weight is 298 g/mol. The van der Waals surface area contributed by atoms with E-state index in [0.717, 1.165) is 23.0 Å². The lowest BCUT2D eigenvalue weighted by Gasteiger charge is -2.00. The van der Waals surface area contributed by atoms with E-state index in [0.29, 0.717) is 15.4 Å². The van der Waals surface area contributed by atoms with Crippen LogP contribution in [0.1, 0.15) is 22.2 Å². The maximum Gasteiger partial charge on any atom is 0.362 e. The molecule has 2 heterocycles. The molecule has 2 rings (SSSR count). The lowest BCUT2D eigenvalue weighted by Crippen LogP contribution is -2.35. The van der Waals surface area contributed by atoms with Crippen LogP contribution in [0, 0.1) is 18.7 Å². The van der Waals surface area contributed by atoms with Crippen molar-refractivity contribution in [3.8, 4) is 10.6 Å². The van der Waals surface area contributed by atoms with Crippen LogP contribution in [0.4, 0.5) is 8.78 Å². The van der Waals surface area contributed by atoms with Crippen molar-refractivity contribution >= 4 is 17.3 Å². The highest BCUT2D eigenvalue weighted by atomic mass is 32.1. The molecule has 0 bridgehead atoms. The normalized spacial score (nSPS) is 10.7. The van der Waals surface area contributed by atoms with Gasteiger partial charge in [0.25, 0.3) is 0 Å². The summed E-state index contributed by atoms with van der Waals surface area (Å²) in [5, 5.41) is 0. The molecule has 3 nitrogen and oxygen atoms in total. The number of nitrogens with zero attached hydrogens (tertiary/aromatic N) is 1. The smallest absolute Gasteiger partial charge is 0.362 e. The van der Waals surface area contributed by atoms with Crippen molar-refractivity contribution < 1.29 is 22.9 Å². The zero-order valence-electron chi connectivity index (χ0n) is 11.4. The molecule has 2 aromatic rings. The number of esters is 1. The summed E-state index contributed by atoms with van der Waals surface area (Å²) >= 11 is 1.16. The van der Waals surface area contributed by atoms with Gasteiger partial charge < -0.3 is 4.74 Å². The summed E-state index contributed by atoms with van der Waals surface area (Å²) in [4.78, 5) is 12.8. The van der Waals surface area contributed by atoms with Crippen LogP contribution in [0.15, 0.2) is 18.2 Å². The summed E-state index contributed by atoms with van der Waals surface area (Å²) in [6.07, 6.45) is 0. The van der Waals surface area contributed by atoms with E-state index in [1.54, 1.807) is 19.9 Å². The summed E-state index contributed by atoms with van der Waals surface area (Å²) in [5.41, 5.74) is 1.17. The van der Waals surface area contributed by atoms with Gasteiger partial charge in [-0.1, -0.05) is 0 Å². The molecule has 0 saturated heterocycles. The third kappa shape index (κ3) is 2.70. The second-order valence-corrected chi connectivity index (χ2v) is 5.34. The Kier molecular flexibility index (Phi) is 4.13. The lowest BCUT2D eigenvalue weighted by molar-refractivity contribution is -0.689. The Morgan fingerprint density at radius 2 is 2.05 bits per heavy atom. The van der Waals surface area contributed by atoms with Crippen LogP contribution in [-0.4, -0.2) is 12.6 Å². The summed E-state index contributed by atoms with van der Waals surface area (Å²) in [6, 6.07) is 3.73. The molecule has 0 aliphatic heterocycles. The molecule has 6 heteroatoms. The largest absolute Gasteiger partial charge is 0.462 e. The highest BCUT2D eigenvalue weighted by Crippen LogP contribution is 2.31. The fourth-order valence-corrected chi connectivity index (χ4v) is 2.97. The molecular weight excluding hydrogens is 284 g/mol. The van der Waals surface area contributed by atoms with Crippen LogP contribution in [0.3, 0.4) is 0 Å². The molecule has 2 aromatic heterocycles. The Bertz CT molecular complexity index is 667. The van der Waals surface area contributed by atoms with Crippen molar-refractivity contribution in [1.29, 1.82) is 0 Å². The predicted molar refractivity (Wildman–Crippen MR) is 71.5 cm³/mol. The first kappa shape index (κ1) is 14.6. The van der Waals surface area contributed by atoms with Gasteiger partial charge in [0.1, 0.15) is 22.6 Å². The molecule has 0 amide bonds. The molecule has 0 aliphatic rings. The van der Waals surface area contributed by atoms with E-state index < -0.39 is 17.7 Å². The topological polar surface area (TPSA) is 30.2 Å². The first-order chi connectivity index (χ1) is 9.43. The Hall–Kier alpha value is -1.82. The van der Waals surface area contributed by atoms with Crippen molar-refractivity contribution in [2.75, 3.05) is 6.61 Å². The molecule has 0 saturated carbocycles. The number of carbonyl (C=O) groups excluding carboxylic acids is 1. The second-order valence-electron chi connectivity index (χ2n) is 4.28. The van der Waals surface area contributed by atoms with Gasteiger partial charge in [-0.2, -0.15) is 4.57 Å². The van der Waals surface area contributed by atoms with E-state index >= 15 is 0 Å². The van der Waals surface area contributed by atoms with Crippen molar-refractivity contribution in [1.82, 2.24) is 0 Å². The lowest BCUT2D eigenvalue weighted by atomic mass is 10.2. The number of carbonyl (C=O) groups is 1. The minimum absolute atomic E-state index is 0.285. The van der Waals surface area contributed by atoms with Gasteiger partial charge >= 0.3 is 11.9 Å². The molecule has 0 aliphatic carbocycles. The quantitative estimate of drug-likeness (QED) is 0.495. The second kappa shape index (κ2) is 5.66. The van der Waals surface area contributed by atoms with Gasteiger partial charge in [-0.3, -0.25) is 0 Å². The van der Waals surface area contributed by atoms with Crippen molar-refractivity contribution in [3.63, 3.8) is 0 Å². The predicted octanol–water partition coefficient (Wildman–Crippen LogP) is 3.00. The Balaban J connectivity index is 2.51. The SMILES string of the molecule is CCOC(=O)c1cc(C)c(-c2cc(F)cc(F)[n+]2C)s1. The zero-order valence-corrected chi connectivity index (χ0v) is 12.2. The molecule has 0 atom stereocenters. The molecule has 0 radical (unpaired) electrons. The van der Waals surface area contributed by atoms with Gasteiger partial charge in [0, 0.05) is 6.07 Å². The molecule has 0 aromatic carbocycles. The minimum atomic E-state index is -0.675.